The van der Waals surface area contributed by atoms with Crippen molar-refractivity contribution in [2.75, 3.05) is 7.05 Å². The normalized spacial score (nSPS) is 19.4. The molecule has 2 unspecified atom stereocenters. The van der Waals surface area contributed by atoms with Gasteiger partial charge in [-0.05, 0) is 31.5 Å². The first-order valence-electron chi connectivity index (χ1n) is 9.21. The molecule has 2 heterocycles. The van der Waals surface area contributed by atoms with Gasteiger partial charge < -0.3 is 15.2 Å². The van der Waals surface area contributed by atoms with E-state index in [2.05, 4.69) is 10.3 Å². The Balaban J connectivity index is 1.92. The van der Waals surface area contributed by atoms with Crippen molar-refractivity contribution in [3.63, 3.8) is 0 Å². The van der Waals surface area contributed by atoms with Gasteiger partial charge in [-0.2, -0.15) is 0 Å². The molecule has 1 aliphatic rings. The Morgan fingerprint density at radius 3 is 2.56 bits per heavy atom. The summed E-state index contributed by atoms with van der Waals surface area (Å²) in [5.74, 6) is -0.591. The van der Waals surface area contributed by atoms with Crippen molar-refractivity contribution < 1.29 is 9.59 Å². The molecule has 27 heavy (non-hydrogen) atoms. The Morgan fingerprint density at radius 1 is 1.07 bits per heavy atom. The lowest BCUT2D eigenvalue weighted by Gasteiger charge is -2.39. The van der Waals surface area contributed by atoms with Gasteiger partial charge in [-0.15, -0.1) is 0 Å². The van der Waals surface area contributed by atoms with Crippen LogP contribution in [0, 0.1) is 0 Å². The highest BCUT2D eigenvalue weighted by Gasteiger charge is 2.43. The number of para-hydroxylation sites is 1. The molecule has 1 aromatic heterocycles. The summed E-state index contributed by atoms with van der Waals surface area (Å²) in [6.45, 7) is 3.89. The van der Waals surface area contributed by atoms with Crippen LogP contribution in [0.1, 0.15) is 47.3 Å². The van der Waals surface area contributed by atoms with Gasteiger partial charge in [0.05, 0.1) is 12.0 Å². The van der Waals surface area contributed by atoms with Gasteiger partial charge in [0.25, 0.3) is 5.91 Å². The van der Waals surface area contributed by atoms with Gasteiger partial charge in [0.15, 0.2) is 0 Å². The number of hydrogen-bond donors (Lipinski definition) is 2. The molecule has 2 aromatic carbocycles. The molecular formula is C22H23N3O2. The van der Waals surface area contributed by atoms with E-state index < -0.39 is 5.92 Å². The fraction of sp³-hybridized carbons (Fsp3) is 0.273. The molecule has 4 rings (SSSR count). The monoisotopic (exact) mass is 361 g/mol. The van der Waals surface area contributed by atoms with Gasteiger partial charge in [0.1, 0.15) is 0 Å². The summed E-state index contributed by atoms with van der Waals surface area (Å²) in [4.78, 5) is 31.2. The van der Waals surface area contributed by atoms with Crippen LogP contribution in [0.15, 0.2) is 54.7 Å². The molecule has 1 aliphatic heterocycles. The van der Waals surface area contributed by atoms with Crippen LogP contribution >= 0.6 is 0 Å². The number of aromatic amines is 1. The van der Waals surface area contributed by atoms with Gasteiger partial charge in [0.2, 0.25) is 5.91 Å². The molecule has 2 amide bonds. The third-order valence-electron chi connectivity index (χ3n) is 5.23. The zero-order valence-electron chi connectivity index (χ0n) is 15.7. The first-order valence-corrected chi connectivity index (χ1v) is 9.21. The highest BCUT2D eigenvalue weighted by molar-refractivity contribution is 6.02. The number of nitrogens with one attached hydrogen (secondary N) is 2. The maximum atomic E-state index is 13.2. The predicted octanol–water partition coefficient (Wildman–Crippen LogP) is 3.60. The van der Waals surface area contributed by atoms with E-state index >= 15 is 0 Å². The Morgan fingerprint density at radius 2 is 1.78 bits per heavy atom. The number of rotatable bonds is 3. The summed E-state index contributed by atoms with van der Waals surface area (Å²) >= 11 is 0. The Labute approximate surface area is 158 Å². The van der Waals surface area contributed by atoms with Crippen molar-refractivity contribution in [1.29, 1.82) is 0 Å². The second kappa shape index (κ2) is 6.58. The van der Waals surface area contributed by atoms with Gasteiger partial charge in [-0.25, -0.2) is 0 Å². The first-order chi connectivity index (χ1) is 13.0. The molecule has 0 radical (unpaired) electrons. The molecule has 2 atom stereocenters. The minimum Gasteiger partial charge on any atom is -0.361 e. The predicted molar refractivity (Wildman–Crippen MR) is 106 cm³/mol. The van der Waals surface area contributed by atoms with Gasteiger partial charge in [0, 0.05) is 41.3 Å². The SMILES string of the molecule is CC(C)NC(=O)C1c2ccccc2C(=O)N(C)C1c1c[nH]c2ccccc12. The minimum absolute atomic E-state index is 0.0243. The van der Waals surface area contributed by atoms with Crippen LogP contribution in [0.5, 0.6) is 0 Å². The number of carbonyl (C=O) groups excluding carboxylic acids is 2. The van der Waals surface area contributed by atoms with E-state index in [0.29, 0.717) is 5.56 Å². The molecule has 0 saturated carbocycles. The van der Waals surface area contributed by atoms with E-state index in [9.17, 15) is 9.59 Å². The van der Waals surface area contributed by atoms with Crippen molar-refractivity contribution >= 4 is 22.7 Å². The average molecular weight is 361 g/mol. The second-order valence-corrected chi connectivity index (χ2v) is 7.38. The van der Waals surface area contributed by atoms with Crippen LogP contribution in [0.25, 0.3) is 10.9 Å². The zero-order chi connectivity index (χ0) is 19.1. The lowest BCUT2D eigenvalue weighted by atomic mass is 9.79. The Hall–Kier alpha value is -3.08. The molecule has 0 fully saturated rings. The van der Waals surface area contributed by atoms with Gasteiger partial charge in [-0.3, -0.25) is 9.59 Å². The Bertz CT molecular complexity index is 1020. The smallest absolute Gasteiger partial charge is 0.254 e. The molecule has 3 aromatic rings. The standard InChI is InChI=1S/C22H23N3O2/c1-13(2)24-21(26)19-15-9-4-5-10-16(15)22(27)25(3)20(19)17-12-23-18-11-7-6-8-14(17)18/h4-13,19-20,23H,1-3H3,(H,24,26). The fourth-order valence-corrected chi connectivity index (χ4v) is 4.06. The molecule has 0 saturated heterocycles. The number of fused-ring (bicyclic) bond motifs is 2. The molecule has 0 aliphatic carbocycles. The van der Waals surface area contributed by atoms with Crippen LogP contribution in [-0.4, -0.2) is 34.8 Å². The number of benzene rings is 2. The number of carbonyl (C=O) groups is 2. The third-order valence-corrected chi connectivity index (χ3v) is 5.23. The molecule has 0 bridgehead atoms. The van der Waals surface area contributed by atoms with E-state index in [-0.39, 0.29) is 23.9 Å². The zero-order valence-corrected chi connectivity index (χ0v) is 15.7. The quantitative estimate of drug-likeness (QED) is 0.748. The molecule has 0 spiro atoms. The van der Waals surface area contributed by atoms with E-state index in [1.165, 1.54) is 0 Å². The lowest BCUT2D eigenvalue weighted by molar-refractivity contribution is -0.124. The van der Waals surface area contributed by atoms with Crippen LogP contribution in [0.2, 0.25) is 0 Å². The minimum atomic E-state index is -0.467. The van der Waals surface area contributed by atoms with Crippen molar-refractivity contribution in [3.8, 4) is 0 Å². The third kappa shape index (κ3) is 2.79. The van der Waals surface area contributed by atoms with Crippen LogP contribution in [-0.2, 0) is 4.79 Å². The molecule has 138 valence electrons. The molecule has 5 heteroatoms. The van der Waals surface area contributed by atoms with E-state index in [4.69, 9.17) is 0 Å². The van der Waals surface area contributed by atoms with Gasteiger partial charge >= 0.3 is 0 Å². The van der Waals surface area contributed by atoms with Gasteiger partial charge in [-0.1, -0.05) is 36.4 Å². The summed E-state index contributed by atoms with van der Waals surface area (Å²) < 4.78 is 0. The first kappa shape index (κ1) is 17.3. The van der Waals surface area contributed by atoms with Crippen molar-refractivity contribution in [1.82, 2.24) is 15.2 Å². The fourth-order valence-electron chi connectivity index (χ4n) is 4.06. The lowest BCUT2D eigenvalue weighted by Crippen LogP contribution is -2.46. The average Bonchev–Trinajstić information content (AvgIpc) is 3.07. The molecule has 5 nitrogen and oxygen atoms in total. The Kier molecular flexibility index (Phi) is 4.22. The number of amides is 2. The summed E-state index contributed by atoms with van der Waals surface area (Å²) in [7, 11) is 1.78. The number of aromatic nitrogens is 1. The largest absolute Gasteiger partial charge is 0.361 e. The van der Waals surface area contributed by atoms with E-state index in [1.54, 1.807) is 18.0 Å². The van der Waals surface area contributed by atoms with Crippen molar-refractivity contribution in [2.45, 2.75) is 31.8 Å². The van der Waals surface area contributed by atoms with Crippen LogP contribution in [0.3, 0.4) is 0 Å². The summed E-state index contributed by atoms with van der Waals surface area (Å²) in [5.41, 5.74) is 3.34. The van der Waals surface area contributed by atoms with Crippen molar-refractivity contribution in [2.24, 2.45) is 0 Å². The van der Waals surface area contributed by atoms with Crippen LogP contribution in [0.4, 0.5) is 0 Å². The number of likely N-dealkylation sites (N-methyl/N-ethyl adjacent to an activating group) is 1. The number of hydrogen-bond acceptors (Lipinski definition) is 2. The highest BCUT2D eigenvalue weighted by Crippen LogP contribution is 2.44. The van der Waals surface area contributed by atoms with E-state index in [1.807, 2.05) is 62.5 Å². The van der Waals surface area contributed by atoms with Crippen molar-refractivity contribution in [3.05, 3.63) is 71.4 Å². The number of nitrogens with zero attached hydrogens (tertiary/aromatic N) is 1. The molecular weight excluding hydrogens is 338 g/mol. The molecule has 2 N–H and O–H groups in total. The maximum Gasteiger partial charge on any atom is 0.254 e. The van der Waals surface area contributed by atoms with E-state index in [0.717, 1.165) is 22.0 Å². The topological polar surface area (TPSA) is 65.2 Å². The summed E-state index contributed by atoms with van der Waals surface area (Å²) in [6.07, 6.45) is 1.92. The number of H-pyrrole nitrogens is 1. The maximum absolute atomic E-state index is 13.2. The summed E-state index contributed by atoms with van der Waals surface area (Å²) in [6, 6.07) is 15.0. The summed E-state index contributed by atoms with van der Waals surface area (Å²) in [5, 5.41) is 4.07. The second-order valence-electron chi connectivity index (χ2n) is 7.38. The van der Waals surface area contributed by atoms with Crippen LogP contribution < -0.4 is 5.32 Å². The highest BCUT2D eigenvalue weighted by atomic mass is 16.2.